The number of rotatable bonds is 4. The highest BCUT2D eigenvalue weighted by Gasteiger charge is 2.28. The number of nitrogens with one attached hydrogen (secondary N) is 2. The van der Waals surface area contributed by atoms with Crippen LogP contribution in [0.2, 0.25) is 0 Å². The molecule has 2 heterocycles. The van der Waals surface area contributed by atoms with Gasteiger partial charge in [-0.1, -0.05) is 36.4 Å². The summed E-state index contributed by atoms with van der Waals surface area (Å²) in [7, 11) is 0. The Balaban J connectivity index is 1.36. The first-order valence-electron chi connectivity index (χ1n) is 11.6. The molecule has 1 aliphatic heterocycles. The standard InChI is InChI=1S/C28H25FN2O2/c1-16(17-6-3-2-4-7-17)31-24-9-5-8-21-22-13-18(10-11-25(22)33-27(21)24)19-12-20-15-30-28(32)26(20)23(29)14-19/h2-4,6-7,10-14,16,24,31H,5,8-9,15H2,1H3,(H,30,32). The highest BCUT2D eigenvalue weighted by molar-refractivity contribution is 5.99. The minimum absolute atomic E-state index is 0.161. The number of furan rings is 1. The average molecular weight is 441 g/mol. The molecule has 0 radical (unpaired) electrons. The predicted octanol–water partition coefficient (Wildman–Crippen LogP) is 6.21. The van der Waals surface area contributed by atoms with E-state index in [2.05, 4.69) is 47.9 Å². The van der Waals surface area contributed by atoms with Crippen molar-refractivity contribution in [2.45, 2.75) is 44.8 Å². The quantitative estimate of drug-likeness (QED) is 0.397. The van der Waals surface area contributed by atoms with Crippen LogP contribution in [0.15, 0.2) is 65.1 Å². The highest BCUT2D eigenvalue weighted by Crippen LogP contribution is 2.40. The lowest BCUT2D eigenvalue weighted by Crippen LogP contribution is -2.27. The van der Waals surface area contributed by atoms with Crippen LogP contribution in [-0.4, -0.2) is 5.91 Å². The summed E-state index contributed by atoms with van der Waals surface area (Å²) >= 11 is 0. The van der Waals surface area contributed by atoms with E-state index in [-0.39, 0.29) is 23.6 Å². The summed E-state index contributed by atoms with van der Waals surface area (Å²) in [6.45, 7) is 2.56. The largest absolute Gasteiger partial charge is 0.459 e. The third-order valence-electron chi connectivity index (χ3n) is 6.98. The zero-order valence-corrected chi connectivity index (χ0v) is 18.5. The van der Waals surface area contributed by atoms with E-state index >= 15 is 0 Å². The Hall–Kier alpha value is -3.44. The summed E-state index contributed by atoms with van der Waals surface area (Å²) in [5.74, 6) is 0.216. The molecule has 3 aromatic carbocycles. The monoisotopic (exact) mass is 440 g/mol. The molecule has 1 aromatic heterocycles. The van der Waals surface area contributed by atoms with Gasteiger partial charge in [0.05, 0.1) is 11.6 Å². The molecule has 0 fully saturated rings. The maximum atomic E-state index is 14.6. The fourth-order valence-electron chi connectivity index (χ4n) is 5.29. The first kappa shape index (κ1) is 20.2. The Morgan fingerprint density at radius 2 is 1.94 bits per heavy atom. The second-order valence-electron chi connectivity index (χ2n) is 9.07. The lowest BCUT2D eigenvalue weighted by molar-refractivity contribution is 0.0962. The van der Waals surface area contributed by atoms with Crippen molar-refractivity contribution >= 4 is 16.9 Å². The van der Waals surface area contributed by atoms with Crippen molar-refractivity contribution in [1.29, 1.82) is 0 Å². The Labute approximate surface area is 191 Å². The van der Waals surface area contributed by atoms with Gasteiger partial charge in [-0.2, -0.15) is 0 Å². The van der Waals surface area contributed by atoms with Crippen molar-refractivity contribution in [3.63, 3.8) is 0 Å². The maximum absolute atomic E-state index is 14.6. The second kappa shape index (κ2) is 7.85. The SMILES string of the molecule is CC(NC1CCCc2c1oc1ccc(-c3cc(F)c4c(c3)CNC4=O)cc21)c1ccccc1. The van der Waals surface area contributed by atoms with Crippen LogP contribution >= 0.6 is 0 Å². The number of hydrogen-bond acceptors (Lipinski definition) is 3. The van der Waals surface area contributed by atoms with Crippen LogP contribution in [-0.2, 0) is 13.0 Å². The van der Waals surface area contributed by atoms with Crippen molar-refractivity contribution in [2.75, 3.05) is 0 Å². The fourth-order valence-corrected chi connectivity index (χ4v) is 5.29. The van der Waals surface area contributed by atoms with Gasteiger partial charge >= 0.3 is 0 Å². The molecule has 6 rings (SSSR count). The van der Waals surface area contributed by atoms with Gasteiger partial charge < -0.3 is 15.1 Å². The zero-order valence-electron chi connectivity index (χ0n) is 18.5. The fraction of sp³-hybridized carbons (Fsp3) is 0.250. The maximum Gasteiger partial charge on any atom is 0.254 e. The number of halogens is 1. The zero-order chi connectivity index (χ0) is 22.5. The van der Waals surface area contributed by atoms with Gasteiger partial charge in [0.15, 0.2) is 0 Å². The van der Waals surface area contributed by atoms with Gasteiger partial charge in [-0.3, -0.25) is 4.79 Å². The average Bonchev–Trinajstić information content (AvgIpc) is 3.40. The first-order chi connectivity index (χ1) is 16.1. The summed E-state index contributed by atoms with van der Waals surface area (Å²) in [6.07, 6.45) is 3.10. The molecule has 2 N–H and O–H groups in total. The molecule has 5 heteroatoms. The van der Waals surface area contributed by atoms with Crippen LogP contribution < -0.4 is 10.6 Å². The van der Waals surface area contributed by atoms with Crippen molar-refractivity contribution < 1.29 is 13.6 Å². The van der Waals surface area contributed by atoms with E-state index in [1.54, 1.807) is 0 Å². The molecule has 0 saturated carbocycles. The number of carbonyl (C=O) groups excluding carboxylic acids is 1. The molecule has 1 aliphatic carbocycles. The van der Waals surface area contributed by atoms with Gasteiger partial charge in [0.1, 0.15) is 17.2 Å². The summed E-state index contributed by atoms with van der Waals surface area (Å²) in [4.78, 5) is 11.9. The Morgan fingerprint density at radius 3 is 2.79 bits per heavy atom. The topological polar surface area (TPSA) is 54.3 Å². The van der Waals surface area contributed by atoms with Crippen LogP contribution in [0.5, 0.6) is 0 Å². The van der Waals surface area contributed by atoms with E-state index in [0.29, 0.717) is 12.1 Å². The number of fused-ring (bicyclic) bond motifs is 4. The van der Waals surface area contributed by atoms with Gasteiger partial charge in [-0.15, -0.1) is 0 Å². The number of hydrogen-bond donors (Lipinski definition) is 2. The van der Waals surface area contributed by atoms with Crippen LogP contribution in [0.3, 0.4) is 0 Å². The van der Waals surface area contributed by atoms with E-state index in [1.807, 2.05) is 24.3 Å². The third kappa shape index (κ3) is 3.44. The molecule has 4 aromatic rings. The lowest BCUT2D eigenvalue weighted by atomic mass is 9.90. The van der Waals surface area contributed by atoms with Crippen LogP contribution in [0, 0.1) is 5.82 Å². The third-order valence-corrected chi connectivity index (χ3v) is 6.98. The molecule has 2 unspecified atom stereocenters. The van der Waals surface area contributed by atoms with Crippen LogP contribution in [0.4, 0.5) is 4.39 Å². The molecular formula is C28H25FN2O2. The first-order valence-corrected chi connectivity index (χ1v) is 11.6. The molecule has 1 amide bonds. The minimum atomic E-state index is -0.467. The Bertz CT molecular complexity index is 1380. The molecule has 0 saturated heterocycles. The van der Waals surface area contributed by atoms with Gasteiger partial charge in [-0.25, -0.2) is 4.39 Å². The predicted molar refractivity (Wildman–Crippen MR) is 126 cm³/mol. The molecule has 166 valence electrons. The van der Waals surface area contributed by atoms with E-state index in [1.165, 1.54) is 17.2 Å². The smallest absolute Gasteiger partial charge is 0.254 e. The second-order valence-corrected chi connectivity index (χ2v) is 9.07. The molecule has 2 aliphatic rings. The number of amides is 1. The van der Waals surface area contributed by atoms with Crippen LogP contribution in [0.25, 0.3) is 22.1 Å². The molecule has 2 atom stereocenters. The summed E-state index contributed by atoms with van der Waals surface area (Å²) < 4.78 is 21.0. The van der Waals surface area contributed by atoms with E-state index in [9.17, 15) is 9.18 Å². The molecule has 0 spiro atoms. The van der Waals surface area contributed by atoms with E-state index < -0.39 is 5.82 Å². The summed E-state index contributed by atoms with van der Waals surface area (Å²) in [6, 6.07) is 20.3. The lowest BCUT2D eigenvalue weighted by Gasteiger charge is -2.26. The Morgan fingerprint density at radius 1 is 1.09 bits per heavy atom. The molecule has 4 nitrogen and oxygen atoms in total. The summed E-state index contributed by atoms with van der Waals surface area (Å²) in [5, 5.41) is 7.55. The van der Waals surface area contributed by atoms with Crippen molar-refractivity contribution in [1.82, 2.24) is 10.6 Å². The molecule has 0 bridgehead atoms. The number of benzene rings is 3. The number of aryl methyl sites for hydroxylation is 1. The van der Waals surface area contributed by atoms with Gasteiger partial charge in [-0.05, 0) is 72.7 Å². The van der Waals surface area contributed by atoms with Crippen molar-refractivity contribution in [3.05, 3.63) is 94.5 Å². The van der Waals surface area contributed by atoms with Crippen molar-refractivity contribution in [2.24, 2.45) is 0 Å². The van der Waals surface area contributed by atoms with Crippen molar-refractivity contribution in [3.8, 4) is 11.1 Å². The van der Waals surface area contributed by atoms with Gasteiger partial charge in [0.25, 0.3) is 5.91 Å². The molecular weight excluding hydrogens is 415 g/mol. The molecule has 33 heavy (non-hydrogen) atoms. The summed E-state index contributed by atoms with van der Waals surface area (Å²) in [5.41, 5.74) is 5.96. The normalized spacial score (nSPS) is 18.1. The van der Waals surface area contributed by atoms with Crippen LogP contribution in [0.1, 0.15) is 64.7 Å². The highest BCUT2D eigenvalue weighted by atomic mass is 19.1. The van der Waals surface area contributed by atoms with Gasteiger partial charge in [0.2, 0.25) is 0 Å². The van der Waals surface area contributed by atoms with E-state index in [0.717, 1.165) is 47.1 Å². The number of carbonyl (C=O) groups is 1. The van der Waals surface area contributed by atoms with Gasteiger partial charge in [0, 0.05) is 23.5 Å². The minimum Gasteiger partial charge on any atom is -0.459 e. The van der Waals surface area contributed by atoms with E-state index in [4.69, 9.17) is 4.42 Å². The Kier molecular flexibility index (Phi) is 4.80.